The summed E-state index contributed by atoms with van der Waals surface area (Å²) in [6.07, 6.45) is 4.07. The molecule has 14 nitrogen and oxygen atoms in total. The summed E-state index contributed by atoms with van der Waals surface area (Å²) >= 11 is 0. The number of nitrogens with two attached hydrogens (primary N) is 1. The van der Waals surface area contributed by atoms with Gasteiger partial charge in [-0.25, -0.2) is 4.98 Å². The minimum Gasteiger partial charge on any atom is -0.481 e. The summed E-state index contributed by atoms with van der Waals surface area (Å²) in [7, 11) is 0. The Morgan fingerprint density at radius 2 is 1.62 bits per heavy atom. The van der Waals surface area contributed by atoms with Crippen LogP contribution in [0.2, 0.25) is 0 Å². The Bertz CT molecular complexity index is 1320. The van der Waals surface area contributed by atoms with Crippen molar-refractivity contribution in [2.75, 3.05) is 0 Å². The fraction of sp³-hybridized carbons (Fsp3) is 0.360. The maximum absolute atomic E-state index is 13.4. The zero-order valence-electron chi connectivity index (χ0n) is 21.1. The Morgan fingerprint density at radius 1 is 0.949 bits per heavy atom. The first-order valence-corrected chi connectivity index (χ1v) is 12.2. The number of carboxylic acid groups (broad SMARTS) is 2. The van der Waals surface area contributed by atoms with Crippen LogP contribution in [0.3, 0.4) is 0 Å². The number of hydrogen-bond donors (Lipinski definition) is 8. The van der Waals surface area contributed by atoms with E-state index in [2.05, 4.69) is 30.9 Å². The van der Waals surface area contributed by atoms with E-state index in [-0.39, 0.29) is 25.7 Å². The summed E-state index contributed by atoms with van der Waals surface area (Å²) in [5, 5.41) is 26.5. The second-order valence-electron chi connectivity index (χ2n) is 9.07. The van der Waals surface area contributed by atoms with Gasteiger partial charge in [-0.15, -0.1) is 0 Å². The number of rotatable bonds is 14. The maximum Gasteiger partial charge on any atom is 0.325 e. The van der Waals surface area contributed by atoms with Gasteiger partial charge < -0.3 is 41.9 Å². The number of aromatic nitrogens is 3. The van der Waals surface area contributed by atoms with Gasteiger partial charge in [0.25, 0.3) is 0 Å². The summed E-state index contributed by atoms with van der Waals surface area (Å²) < 4.78 is 0. The summed E-state index contributed by atoms with van der Waals surface area (Å²) in [6, 6.07) is 2.56. The first kappa shape index (κ1) is 28.8. The van der Waals surface area contributed by atoms with Crippen LogP contribution in [0.1, 0.15) is 31.0 Å². The highest BCUT2D eigenvalue weighted by Crippen LogP contribution is 2.19. The van der Waals surface area contributed by atoms with Crippen molar-refractivity contribution in [1.82, 2.24) is 30.9 Å². The van der Waals surface area contributed by atoms with Crippen molar-refractivity contribution in [3.05, 3.63) is 54.2 Å². The molecule has 3 amide bonds. The lowest BCUT2D eigenvalue weighted by Gasteiger charge is -2.24. The largest absolute Gasteiger partial charge is 0.481 e. The lowest BCUT2D eigenvalue weighted by atomic mass is 10.0. The number of H-pyrrole nitrogens is 2. The average Bonchev–Trinajstić information content (AvgIpc) is 3.56. The van der Waals surface area contributed by atoms with Crippen LogP contribution in [-0.4, -0.2) is 79.0 Å². The molecule has 9 N–H and O–H groups in total. The fourth-order valence-electron chi connectivity index (χ4n) is 3.89. The van der Waals surface area contributed by atoms with Crippen molar-refractivity contribution in [1.29, 1.82) is 0 Å². The monoisotopic (exact) mass is 541 g/mol. The molecule has 0 fully saturated rings. The van der Waals surface area contributed by atoms with Gasteiger partial charge in [0.05, 0.1) is 12.4 Å². The van der Waals surface area contributed by atoms with Crippen LogP contribution in [-0.2, 0) is 36.8 Å². The molecule has 3 rings (SSSR count). The average molecular weight is 542 g/mol. The van der Waals surface area contributed by atoms with Gasteiger partial charge in [0.1, 0.15) is 18.1 Å². The van der Waals surface area contributed by atoms with Crippen LogP contribution in [0.4, 0.5) is 0 Å². The number of aromatic amines is 2. The van der Waals surface area contributed by atoms with E-state index in [9.17, 15) is 29.1 Å². The number of amides is 3. The predicted octanol–water partition coefficient (Wildman–Crippen LogP) is -0.573. The van der Waals surface area contributed by atoms with E-state index in [1.807, 2.05) is 24.3 Å². The number of aliphatic carboxylic acids is 2. The van der Waals surface area contributed by atoms with Gasteiger partial charge in [0, 0.05) is 48.3 Å². The van der Waals surface area contributed by atoms with E-state index in [4.69, 9.17) is 10.8 Å². The van der Waals surface area contributed by atoms with E-state index in [0.717, 1.165) is 10.9 Å². The van der Waals surface area contributed by atoms with Gasteiger partial charge in [0.2, 0.25) is 17.7 Å². The maximum atomic E-state index is 13.4. The van der Waals surface area contributed by atoms with E-state index in [1.165, 1.54) is 19.4 Å². The van der Waals surface area contributed by atoms with Crippen LogP contribution in [0.5, 0.6) is 0 Å². The molecular formula is C25H31N7O7. The molecule has 0 aliphatic rings. The highest BCUT2D eigenvalue weighted by atomic mass is 16.4. The molecule has 4 atom stereocenters. The molecule has 0 aliphatic carbocycles. The Balaban J connectivity index is 1.83. The molecule has 0 spiro atoms. The van der Waals surface area contributed by atoms with E-state index in [1.54, 1.807) is 6.20 Å². The summed E-state index contributed by atoms with van der Waals surface area (Å²) in [6.45, 7) is 1.30. The van der Waals surface area contributed by atoms with Crippen molar-refractivity contribution in [3.8, 4) is 0 Å². The third-order valence-electron chi connectivity index (χ3n) is 6.08. The third-order valence-corrected chi connectivity index (χ3v) is 6.08. The van der Waals surface area contributed by atoms with Crippen molar-refractivity contribution in [2.45, 2.75) is 56.8 Å². The number of para-hydroxylation sites is 1. The summed E-state index contributed by atoms with van der Waals surface area (Å²) in [5.41, 5.74) is 7.84. The van der Waals surface area contributed by atoms with E-state index in [0.29, 0.717) is 11.3 Å². The second-order valence-corrected chi connectivity index (χ2v) is 9.07. The van der Waals surface area contributed by atoms with Gasteiger partial charge in [-0.2, -0.15) is 0 Å². The quantitative estimate of drug-likeness (QED) is 0.130. The number of fused-ring (bicyclic) bond motifs is 1. The van der Waals surface area contributed by atoms with Crippen LogP contribution in [0.15, 0.2) is 43.0 Å². The summed E-state index contributed by atoms with van der Waals surface area (Å²) in [5.74, 6) is -4.57. The normalized spacial score (nSPS) is 14.1. The van der Waals surface area contributed by atoms with Crippen molar-refractivity contribution < 1.29 is 34.2 Å². The van der Waals surface area contributed by atoms with Gasteiger partial charge in [-0.3, -0.25) is 24.0 Å². The van der Waals surface area contributed by atoms with Gasteiger partial charge in [0.15, 0.2) is 0 Å². The SMILES string of the molecule is CC(NC(=O)C(Cc1c[nH]c2ccccc12)NC(=O)C(Cc1cnc[nH]1)NC(=O)C(N)CCC(=O)O)C(=O)O. The Morgan fingerprint density at radius 3 is 2.28 bits per heavy atom. The van der Waals surface area contributed by atoms with Crippen molar-refractivity contribution in [2.24, 2.45) is 5.73 Å². The molecule has 0 saturated heterocycles. The Kier molecular flexibility index (Phi) is 9.75. The Labute approximate surface area is 222 Å². The van der Waals surface area contributed by atoms with E-state index >= 15 is 0 Å². The fourth-order valence-corrected chi connectivity index (χ4v) is 3.89. The highest BCUT2D eigenvalue weighted by molar-refractivity contribution is 5.95. The molecular weight excluding hydrogens is 510 g/mol. The Hall–Kier alpha value is -4.72. The predicted molar refractivity (Wildman–Crippen MR) is 138 cm³/mol. The molecule has 0 radical (unpaired) electrons. The standard InChI is InChI=1S/C25H31N7O7/c1-13(25(38)39)30-23(36)19(8-14-10-28-18-5-3-2-4-16(14)18)32-24(37)20(9-15-11-27-12-29-15)31-22(35)17(26)6-7-21(33)34/h2-5,10-13,17,19-20,28H,6-9,26H2,1H3,(H,27,29)(H,30,36)(H,31,35)(H,32,37)(H,33,34)(H,38,39). The lowest BCUT2D eigenvalue weighted by Crippen LogP contribution is -2.58. The number of carboxylic acids is 2. The molecule has 3 aromatic rings. The van der Waals surface area contributed by atoms with Gasteiger partial charge in [-0.1, -0.05) is 18.2 Å². The smallest absolute Gasteiger partial charge is 0.325 e. The van der Waals surface area contributed by atoms with Crippen LogP contribution >= 0.6 is 0 Å². The van der Waals surface area contributed by atoms with Crippen LogP contribution in [0, 0.1) is 0 Å². The number of nitrogens with zero attached hydrogens (tertiary/aromatic N) is 1. The molecule has 0 bridgehead atoms. The van der Waals surface area contributed by atoms with Crippen LogP contribution in [0.25, 0.3) is 10.9 Å². The van der Waals surface area contributed by atoms with Gasteiger partial charge >= 0.3 is 11.9 Å². The number of benzene rings is 1. The zero-order chi connectivity index (χ0) is 28.5. The minimum atomic E-state index is -1.25. The lowest BCUT2D eigenvalue weighted by molar-refractivity contribution is -0.142. The molecule has 1 aromatic carbocycles. The van der Waals surface area contributed by atoms with Crippen molar-refractivity contribution in [3.63, 3.8) is 0 Å². The molecule has 2 heterocycles. The van der Waals surface area contributed by atoms with Gasteiger partial charge in [-0.05, 0) is 25.0 Å². The topological polar surface area (TPSA) is 232 Å². The molecule has 208 valence electrons. The summed E-state index contributed by atoms with van der Waals surface area (Å²) in [4.78, 5) is 71.2. The zero-order valence-corrected chi connectivity index (χ0v) is 21.1. The molecule has 0 saturated carbocycles. The molecule has 4 unspecified atom stereocenters. The number of imidazole rings is 1. The number of carbonyl (C=O) groups excluding carboxylic acids is 3. The number of hydrogen-bond acceptors (Lipinski definition) is 7. The first-order valence-electron chi connectivity index (χ1n) is 12.2. The highest BCUT2D eigenvalue weighted by Gasteiger charge is 2.30. The van der Waals surface area contributed by atoms with Crippen LogP contribution < -0.4 is 21.7 Å². The molecule has 0 aliphatic heterocycles. The molecule has 39 heavy (non-hydrogen) atoms. The number of nitrogens with one attached hydrogen (secondary N) is 5. The first-order chi connectivity index (χ1) is 18.5. The second kappa shape index (κ2) is 13.2. The number of carbonyl (C=O) groups is 5. The third kappa shape index (κ3) is 8.13. The van der Waals surface area contributed by atoms with E-state index < -0.39 is 53.8 Å². The minimum absolute atomic E-state index is 0.0246. The molecule has 14 heteroatoms. The van der Waals surface area contributed by atoms with Crippen molar-refractivity contribution >= 4 is 40.6 Å². The molecule has 2 aromatic heterocycles.